The van der Waals surface area contributed by atoms with Gasteiger partial charge in [0, 0.05) is 18.1 Å². The highest BCUT2D eigenvalue weighted by atomic mass is 35.5. The largest absolute Gasteiger partial charge is 0.353 e. The predicted molar refractivity (Wildman–Crippen MR) is 111 cm³/mol. The molecule has 0 aromatic heterocycles. The summed E-state index contributed by atoms with van der Waals surface area (Å²) in [6.45, 7) is 5.25. The van der Waals surface area contributed by atoms with Crippen molar-refractivity contribution in [3.05, 3.63) is 29.3 Å². The number of hydrogen-bond donors (Lipinski definition) is 1. The van der Waals surface area contributed by atoms with Crippen LogP contribution in [-0.2, 0) is 14.8 Å². The molecule has 6 nitrogen and oxygen atoms in total. The first-order valence-electron chi connectivity index (χ1n) is 9.58. The molecule has 1 aliphatic rings. The SMILES string of the molecule is CC[C@H](C(=O)NCCN1CCCCCC1)N(c1ccc(Cl)cc1)S(C)(=O)=O. The van der Waals surface area contributed by atoms with Gasteiger partial charge in [-0.2, -0.15) is 0 Å². The van der Waals surface area contributed by atoms with E-state index in [-0.39, 0.29) is 5.91 Å². The van der Waals surface area contributed by atoms with E-state index in [2.05, 4.69) is 10.2 Å². The molecule has 0 bridgehead atoms. The lowest BCUT2D eigenvalue weighted by molar-refractivity contribution is -0.122. The minimum absolute atomic E-state index is 0.271. The highest BCUT2D eigenvalue weighted by Crippen LogP contribution is 2.24. The van der Waals surface area contributed by atoms with Crippen molar-refractivity contribution in [2.24, 2.45) is 0 Å². The Hall–Kier alpha value is -1.31. The number of nitrogens with zero attached hydrogens (tertiary/aromatic N) is 2. The van der Waals surface area contributed by atoms with Gasteiger partial charge in [0.25, 0.3) is 0 Å². The molecule has 0 radical (unpaired) electrons. The van der Waals surface area contributed by atoms with Gasteiger partial charge in [0.2, 0.25) is 15.9 Å². The molecule has 0 saturated carbocycles. The number of sulfonamides is 1. The number of benzene rings is 1. The van der Waals surface area contributed by atoms with E-state index >= 15 is 0 Å². The molecule has 27 heavy (non-hydrogen) atoms. The smallest absolute Gasteiger partial charge is 0.243 e. The molecule has 1 N–H and O–H groups in total. The third-order valence-electron chi connectivity index (χ3n) is 4.84. The standard InChI is InChI=1S/C19H30ClN3O3S/c1-3-18(19(24)21-12-15-22-13-6-4-5-7-14-22)23(27(2,25)26)17-10-8-16(20)9-11-17/h8-11,18H,3-7,12-15H2,1-2H3,(H,21,24)/t18-/m1/s1. The maximum atomic E-state index is 12.8. The van der Waals surface area contributed by atoms with Crippen LogP contribution in [0.3, 0.4) is 0 Å². The lowest BCUT2D eigenvalue weighted by atomic mass is 10.2. The summed E-state index contributed by atoms with van der Waals surface area (Å²) >= 11 is 5.91. The third-order valence-corrected chi connectivity index (χ3v) is 6.27. The van der Waals surface area contributed by atoms with Crippen LogP contribution in [0.1, 0.15) is 39.0 Å². The molecular weight excluding hydrogens is 386 g/mol. The zero-order valence-electron chi connectivity index (χ0n) is 16.2. The molecule has 152 valence electrons. The van der Waals surface area contributed by atoms with Gasteiger partial charge in [-0.15, -0.1) is 0 Å². The Bertz CT molecular complexity index is 701. The van der Waals surface area contributed by atoms with Gasteiger partial charge in [0.05, 0.1) is 11.9 Å². The quantitative estimate of drug-likeness (QED) is 0.708. The first-order valence-corrected chi connectivity index (χ1v) is 11.8. The van der Waals surface area contributed by atoms with Crippen molar-refractivity contribution in [3.63, 3.8) is 0 Å². The van der Waals surface area contributed by atoms with Crippen molar-refractivity contribution >= 4 is 33.2 Å². The van der Waals surface area contributed by atoms with Crippen LogP contribution in [0.2, 0.25) is 5.02 Å². The summed E-state index contributed by atoms with van der Waals surface area (Å²) in [5, 5.41) is 3.44. The second-order valence-electron chi connectivity index (χ2n) is 7.01. The highest BCUT2D eigenvalue weighted by Gasteiger charge is 2.31. The van der Waals surface area contributed by atoms with E-state index in [1.807, 2.05) is 6.92 Å². The zero-order valence-corrected chi connectivity index (χ0v) is 17.7. The number of rotatable bonds is 8. The molecule has 8 heteroatoms. The topological polar surface area (TPSA) is 69.7 Å². The zero-order chi connectivity index (χ0) is 19.9. The average molecular weight is 416 g/mol. The van der Waals surface area contributed by atoms with Crippen LogP contribution >= 0.6 is 11.6 Å². The van der Waals surface area contributed by atoms with Crippen LogP contribution in [0.4, 0.5) is 5.69 Å². The van der Waals surface area contributed by atoms with Crippen molar-refractivity contribution in [1.29, 1.82) is 0 Å². The van der Waals surface area contributed by atoms with E-state index in [1.54, 1.807) is 24.3 Å². The van der Waals surface area contributed by atoms with Gasteiger partial charge in [-0.3, -0.25) is 9.10 Å². The molecule has 2 rings (SSSR count). The van der Waals surface area contributed by atoms with Crippen LogP contribution < -0.4 is 9.62 Å². The number of amides is 1. The monoisotopic (exact) mass is 415 g/mol. The van der Waals surface area contributed by atoms with Crippen LogP contribution in [0.25, 0.3) is 0 Å². The molecule has 0 aliphatic carbocycles. The average Bonchev–Trinajstić information content (AvgIpc) is 2.88. The number of likely N-dealkylation sites (tertiary alicyclic amines) is 1. The van der Waals surface area contributed by atoms with Gasteiger partial charge in [-0.1, -0.05) is 31.4 Å². The van der Waals surface area contributed by atoms with Gasteiger partial charge in [0.15, 0.2) is 0 Å². The molecule has 1 aliphatic heterocycles. The second kappa shape index (κ2) is 10.3. The number of carbonyl (C=O) groups excluding carboxylic acids is 1. The Labute approximate surface area is 167 Å². The summed E-state index contributed by atoms with van der Waals surface area (Å²) in [7, 11) is -3.62. The Kier molecular flexibility index (Phi) is 8.38. The molecule has 1 amide bonds. The molecule has 1 saturated heterocycles. The van der Waals surface area contributed by atoms with Crippen molar-refractivity contribution in [2.75, 3.05) is 36.7 Å². The van der Waals surface area contributed by atoms with Crippen molar-refractivity contribution < 1.29 is 13.2 Å². The molecule has 1 aromatic carbocycles. The van der Waals surface area contributed by atoms with E-state index in [1.165, 1.54) is 30.0 Å². The fourth-order valence-corrected chi connectivity index (χ4v) is 4.80. The molecule has 1 heterocycles. The van der Waals surface area contributed by atoms with E-state index in [9.17, 15) is 13.2 Å². The number of nitrogens with one attached hydrogen (secondary N) is 1. The van der Waals surface area contributed by atoms with Crippen LogP contribution in [0.5, 0.6) is 0 Å². The number of anilines is 1. The number of halogens is 1. The third kappa shape index (κ3) is 6.66. The summed E-state index contributed by atoms with van der Waals surface area (Å²) in [5.41, 5.74) is 0.441. The first kappa shape index (κ1) is 22.0. The molecule has 1 fully saturated rings. The van der Waals surface area contributed by atoms with E-state index in [0.717, 1.165) is 25.9 Å². The maximum Gasteiger partial charge on any atom is 0.243 e. The van der Waals surface area contributed by atoms with E-state index < -0.39 is 16.1 Å². The van der Waals surface area contributed by atoms with Gasteiger partial charge < -0.3 is 10.2 Å². The normalized spacial score (nSPS) is 17.1. The van der Waals surface area contributed by atoms with E-state index in [0.29, 0.717) is 23.7 Å². The minimum atomic E-state index is -3.62. The fraction of sp³-hybridized carbons (Fsp3) is 0.632. The molecule has 1 atom stereocenters. The maximum absolute atomic E-state index is 12.8. The van der Waals surface area contributed by atoms with Crippen molar-refractivity contribution in [1.82, 2.24) is 10.2 Å². The summed E-state index contributed by atoms with van der Waals surface area (Å²) in [4.78, 5) is 15.1. The van der Waals surface area contributed by atoms with Gasteiger partial charge >= 0.3 is 0 Å². The Morgan fingerprint density at radius 3 is 2.30 bits per heavy atom. The van der Waals surface area contributed by atoms with Crippen LogP contribution in [0.15, 0.2) is 24.3 Å². The molecule has 0 spiro atoms. The highest BCUT2D eigenvalue weighted by molar-refractivity contribution is 7.92. The Morgan fingerprint density at radius 1 is 1.19 bits per heavy atom. The van der Waals surface area contributed by atoms with Crippen LogP contribution in [-0.4, -0.2) is 57.7 Å². The van der Waals surface area contributed by atoms with E-state index in [4.69, 9.17) is 11.6 Å². The number of carbonyl (C=O) groups is 1. The van der Waals surface area contributed by atoms with Crippen molar-refractivity contribution in [3.8, 4) is 0 Å². The predicted octanol–water partition coefficient (Wildman–Crippen LogP) is 2.88. The van der Waals surface area contributed by atoms with Gasteiger partial charge in [-0.25, -0.2) is 8.42 Å². The second-order valence-corrected chi connectivity index (χ2v) is 9.30. The molecular formula is C19H30ClN3O3S. The number of hydrogen-bond acceptors (Lipinski definition) is 4. The summed E-state index contributed by atoms with van der Waals surface area (Å²) in [5.74, 6) is -0.271. The lowest BCUT2D eigenvalue weighted by Gasteiger charge is -2.30. The summed E-state index contributed by atoms with van der Waals surface area (Å²) in [6, 6.07) is 5.70. The Morgan fingerprint density at radius 2 is 1.78 bits per heavy atom. The molecule has 1 aromatic rings. The lowest BCUT2D eigenvalue weighted by Crippen LogP contribution is -2.50. The first-order chi connectivity index (χ1) is 12.8. The van der Waals surface area contributed by atoms with Crippen LogP contribution in [0, 0.1) is 0 Å². The molecule has 0 unspecified atom stereocenters. The minimum Gasteiger partial charge on any atom is -0.353 e. The fourth-order valence-electron chi connectivity index (χ4n) is 3.46. The Balaban J connectivity index is 2.04. The van der Waals surface area contributed by atoms with Gasteiger partial charge in [-0.05, 0) is 56.6 Å². The van der Waals surface area contributed by atoms with Crippen molar-refractivity contribution in [2.45, 2.75) is 45.1 Å². The summed E-state index contributed by atoms with van der Waals surface area (Å²) in [6.07, 6.45) is 6.43. The summed E-state index contributed by atoms with van der Waals surface area (Å²) < 4.78 is 26.0. The van der Waals surface area contributed by atoms with Gasteiger partial charge in [0.1, 0.15) is 6.04 Å².